The van der Waals surface area contributed by atoms with Gasteiger partial charge < -0.3 is 20.3 Å². The molecule has 132 valence electrons. The van der Waals surface area contributed by atoms with Crippen LogP contribution in [0.3, 0.4) is 0 Å². The maximum Gasteiger partial charge on any atom is 0.241 e. The van der Waals surface area contributed by atoms with Crippen LogP contribution >= 0.6 is 24.8 Å². The number of aliphatic hydroxyl groups is 1. The first-order valence-electron chi connectivity index (χ1n) is 7.38. The predicted molar refractivity (Wildman–Crippen MR) is 96.7 cm³/mol. The summed E-state index contributed by atoms with van der Waals surface area (Å²) in [6, 6.07) is 7.16. The number of aliphatic hydroxyl groups excluding tert-OH is 1. The van der Waals surface area contributed by atoms with Gasteiger partial charge in [0.25, 0.3) is 0 Å². The van der Waals surface area contributed by atoms with E-state index < -0.39 is 6.10 Å². The van der Waals surface area contributed by atoms with E-state index in [9.17, 15) is 9.90 Å². The fourth-order valence-corrected chi connectivity index (χ4v) is 2.59. The van der Waals surface area contributed by atoms with Crippen molar-refractivity contribution in [1.29, 1.82) is 0 Å². The lowest BCUT2D eigenvalue weighted by Gasteiger charge is -2.12. The minimum absolute atomic E-state index is 0. The molecule has 1 aliphatic rings. The summed E-state index contributed by atoms with van der Waals surface area (Å²) < 4.78 is 1.94. The van der Waals surface area contributed by atoms with E-state index in [0.717, 1.165) is 17.9 Å². The molecule has 0 radical (unpaired) electrons. The molecule has 24 heavy (non-hydrogen) atoms. The maximum atomic E-state index is 12.2. The number of aryl methyl sites for hydroxylation is 1. The van der Waals surface area contributed by atoms with Gasteiger partial charge in [0.1, 0.15) is 6.33 Å². The molecule has 9 heteroatoms. The summed E-state index contributed by atoms with van der Waals surface area (Å²) in [6.45, 7) is 3.26. The Morgan fingerprint density at radius 3 is 2.92 bits per heavy atom. The molecule has 1 fully saturated rings. The summed E-state index contributed by atoms with van der Waals surface area (Å²) in [7, 11) is 0. The third-order valence-electron chi connectivity index (χ3n) is 3.77. The van der Waals surface area contributed by atoms with Gasteiger partial charge in [-0.25, -0.2) is 0 Å². The minimum atomic E-state index is -0.454. The normalized spacial score (nSPS) is 19.2. The van der Waals surface area contributed by atoms with Crippen LogP contribution in [-0.4, -0.2) is 44.5 Å². The molecule has 3 rings (SSSR count). The van der Waals surface area contributed by atoms with Gasteiger partial charge in [0.05, 0.1) is 12.1 Å². The highest BCUT2D eigenvalue weighted by atomic mass is 35.5. The van der Waals surface area contributed by atoms with Crippen LogP contribution in [0.15, 0.2) is 30.6 Å². The SMILES string of the molecule is CCn1cnnc1-c1cccc(NC(=O)C2CC(O)CN2)c1.Cl.Cl. The molecule has 0 saturated carbocycles. The van der Waals surface area contributed by atoms with Crippen LogP contribution in [0.1, 0.15) is 13.3 Å². The topological polar surface area (TPSA) is 92.1 Å². The van der Waals surface area contributed by atoms with Crippen molar-refractivity contribution in [3.8, 4) is 11.4 Å². The zero-order valence-corrected chi connectivity index (χ0v) is 14.8. The van der Waals surface area contributed by atoms with E-state index in [1.807, 2.05) is 35.8 Å². The highest BCUT2D eigenvalue weighted by Gasteiger charge is 2.28. The van der Waals surface area contributed by atoms with Gasteiger partial charge in [0, 0.05) is 24.3 Å². The predicted octanol–water partition coefficient (Wildman–Crippen LogP) is 1.47. The lowest BCUT2D eigenvalue weighted by Crippen LogP contribution is -2.35. The Bertz CT molecular complexity index is 679. The van der Waals surface area contributed by atoms with E-state index >= 15 is 0 Å². The molecular formula is C15H21Cl2N5O2. The molecule has 1 aliphatic heterocycles. The molecule has 0 bridgehead atoms. The van der Waals surface area contributed by atoms with Gasteiger partial charge in [-0.15, -0.1) is 35.0 Å². The molecule has 7 nitrogen and oxygen atoms in total. The standard InChI is InChI=1S/C15H19N5O2.2ClH/c1-2-20-9-17-19-14(20)10-4-3-5-11(6-10)18-15(22)13-7-12(21)8-16-13;;/h3-6,9,12-13,16,21H,2,7-8H2,1H3,(H,18,22);2*1H. The van der Waals surface area contributed by atoms with E-state index in [-0.39, 0.29) is 36.8 Å². The number of halogens is 2. The molecule has 1 aromatic carbocycles. The molecule has 2 atom stereocenters. The Balaban J connectivity index is 0.00000144. The zero-order chi connectivity index (χ0) is 15.5. The molecule has 1 amide bonds. The van der Waals surface area contributed by atoms with E-state index in [2.05, 4.69) is 20.8 Å². The third-order valence-corrected chi connectivity index (χ3v) is 3.77. The summed E-state index contributed by atoms with van der Waals surface area (Å²) in [5, 5.41) is 23.4. The number of rotatable bonds is 4. The Labute approximate surface area is 152 Å². The number of carbonyl (C=O) groups is 1. The van der Waals surface area contributed by atoms with E-state index in [4.69, 9.17) is 0 Å². The first kappa shape index (κ1) is 20.4. The second kappa shape index (κ2) is 8.98. The first-order chi connectivity index (χ1) is 10.7. The summed E-state index contributed by atoms with van der Waals surface area (Å²) in [5.74, 6) is 0.638. The maximum absolute atomic E-state index is 12.2. The van der Waals surface area contributed by atoms with Gasteiger partial charge in [-0.05, 0) is 25.5 Å². The summed E-state index contributed by atoms with van der Waals surface area (Å²) in [6.07, 6.45) is 1.67. The number of nitrogens with zero attached hydrogens (tertiary/aromatic N) is 3. The lowest BCUT2D eigenvalue weighted by atomic mass is 10.1. The molecule has 1 saturated heterocycles. The fourth-order valence-electron chi connectivity index (χ4n) is 2.59. The van der Waals surface area contributed by atoms with Crippen molar-refractivity contribution >= 4 is 36.4 Å². The average molecular weight is 374 g/mol. The molecule has 1 aromatic heterocycles. The van der Waals surface area contributed by atoms with Crippen molar-refractivity contribution in [2.75, 3.05) is 11.9 Å². The summed E-state index contributed by atoms with van der Waals surface area (Å²) >= 11 is 0. The molecule has 2 unspecified atom stereocenters. The Morgan fingerprint density at radius 2 is 2.25 bits per heavy atom. The average Bonchev–Trinajstić information content (AvgIpc) is 3.15. The fraction of sp³-hybridized carbons (Fsp3) is 0.400. The van der Waals surface area contributed by atoms with Crippen LogP contribution in [0.2, 0.25) is 0 Å². The number of nitrogens with one attached hydrogen (secondary N) is 2. The number of aromatic nitrogens is 3. The van der Waals surface area contributed by atoms with Crippen molar-refractivity contribution in [2.24, 2.45) is 0 Å². The van der Waals surface area contributed by atoms with Gasteiger partial charge in [-0.1, -0.05) is 12.1 Å². The highest BCUT2D eigenvalue weighted by Crippen LogP contribution is 2.21. The second-order valence-electron chi connectivity index (χ2n) is 5.36. The molecular weight excluding hydrogens is 353 g/mol. The van der Waals surface area contributed by atoms with Crippen molar-refractivity contribution in [1.82, 2.24) is 20.1 Å². The monoisotopic (exact) mass is 373 g/mol. The van der Waals surface area contributed by atoms with Crippen molar-refractivity contribution in [2.45, 2.75) is 32.0 Å². The highest BCUT2D eigenvalue weighted by molar-refractivity contribution is 5.95. The second-order valence-corrected chi connectivity index (χ2v) is 5.36. The van der Waals surface area contributed by atoms with Gasteiger partial charge in [0.2, 0.25) is 5.91 Å². The van der Waals surface area contributed by atoms with E-state index in [1.165, 1.54) is 0 Å². The Kier molecular flexibility index (Phi) is 7.62. The van der Waals surface area contributed by atoms with E-state index in [0.29, 0.717) is 18.7 Å². The van der Waals surface area contributed by atoms with Crippen LogP contribution in [0.25, 0.3) is 11.4 Å². The number of carbonyl (C=O) groups excluding carboxylic acids is 1. The van der Waals surface area contributed by atoms with Gasteiger partial charge in [0.15, 0.2) is 5.82 Å². The molecule has 0 aliphatic carbocycles. The third kappa shape index (κ3) is 4.45. The number of benzene rings is 1. The number of amides is 1. The first-order valence-corrected chi connectivity index (χ1v) is 7.38. The molecule has 2 aromatic rings. The van der Waals surface area contributed by atoms with Gasteiger partial charge in [-0.3, -0.25) is 4.79 Å². The zero-order valence-electron chi connectivity index (χ0n) is 13.2. The van der Waals surface area contributed by atoms with Crippen molar-refractivity contribution in [3.05, 3.63) is 30.6 Å². The van der Waals surface area contributed by atoms with Crippen molar-refractivity contribution in [3.63, 3.8) is 0 Å². The quantitative estimate of drug-likeness (QED) is 0.754. The Hall–Kier alpha value is -1.67. The number of hydrogen-bond donors (Lipinski definition) is 3. The lowest BCUT2D eigenvalue weighted by molar-refractivity contribution is -0.117. The van der Waals surface area contributed by atoms with Crippen LogP contribution in [0.4, 0.5) is 5.69 Å². The molecule has 3 N–H and O–H groups in total. The Morgan fingerprint density at radius 1 is 1.46 bits per heavy atom. The van der Waals surface area contributed by atoms with Crippen molar-refractivity contribution < 1.29 is 9.90 Å². The number of hydrogen-bond acceptors (Lipinski definition) is 5. The van der Waals surface area contributed by atoms with Crippen LogP contribution in [-0.2, 0) is 11.3 Å². The molecule has 0 spiro atoms. The summed E-state index contributed by atoms with van der Waals surface area (Å²) in [4.78, 5) is 12.2. The van der Waals surface area contributed by atoms with Gasteiger partial charge >= 0.3 is 0 Å². The molecule has 2 heterocycles. The van der Waals surface area contributed by atoms with Crippen LogP contribution < -0.4 is 10.6 Å². The number of β-amino-alcohol motifs (C(OH)–C–C–N with tert-alkyl or cyclic N) is 1. The minimum Gasteiger partial charge on any atom is -0.392 e. The largest absolute Gasteiger partial charge is 0.392 e. The van der Waals surface area contributed by atoms with Crippen LogP contribution in [0, 0.1) is 0 Å². The van der Waals surface area contributed by atoms with Gasteiger partial charge in [-0.2, -0.15) is 0 Å². The van der Waals surface area contributed by atoms with Crippen LogP contribution in [0.5, 0.6) is 0 Å². The number of anilines is 1. The van der Waals surface area contributed by atoms with E-state index in [1.54, 1.807) is 6.33 Å². The summed E-state index contributed by atoms with van der Waals surface area (Å²) in [5.41, 5.74) is 1.60. The smallest absolute Gasteiger partial charge is 0.241 e.